The first-order chi connectivity index (χ1) is 10.1. The van der Waals surface area contributed by atoms with Gasteiger partial charge in [-0.25, -0.2) is 4.39 Å². The third-order valence-electron chi connectivity index (χ3n) is 3.11. The number of nitrogen functional groups attached to an aromatic ring is 1. The summed E-state index contributed by atoms with van der Waals surface area (Å²) in [6.45, 7) is 2.93. The number of anilines is 1. The van der Waals surface area contributed by atoms with E-state index in [1.807, 2.05) is 25.1 Å². The SMILES string of the molecule is CCCN(Cc1cccc(N)c1)C(=O)c1ccncc1F. The molecular formula is C16H18FN3O. The van der Waals surface area contributed by atoms with Gasteiger partial charge in [0.25, 0.3) is 5.91 Å². The van der Waals surface area contributed by atoms with E-state index in [4.69, 9.17) is 5.73 Å². The van der Waals surface area contributed by atoms with Crippen LogP contribution in [0.5, 0.6) is 0 Å². The molecule has 0 bridgehead atoms. The fourth-order valence-electron chi connectivity index (χ4n) is 2.15. The molecule has 1 aromatic carbocycles. The Kier molecular flexibility index (Phi) is 4.87. The number of nitrogens with zero attached hydrogens (tertiary/aromatic N) is 2. The van der Waals surface area contributed by atoms with E-state index >= 15 is 0 Å². The molecule has 0 aliphatic carbocycles. The predicted molar refractivity (Wildman–Crippen MR) is 80.1 cm³/mol. The Morgan fingerprint density at radius 2 is 2.19 bits per heavy atom. The average Bonchev–Trinajstić information content (AvgIpc) is 2.47. The quantitative estimate of drug-likeness (QED) is 0.860. The van der Waals surface area contributed by atoms with E-state index in [1.165, 1.54) is 12.3 Å². The Morgan fingerprint density at radius 1 is 1.38 bits per heavy atom. The van der Waals surface area contributed by atoms with E-state index in [0.29, 0.717) is 18.8 Å². The van der Waals surface area contributed by atoms with Crippen molar-refractivity contribution in [3.63, 3.8) is 0 Å². The van der Waals surface area contributed by atoms with Crippen LogP contribution < -0.4 is 5.73 Å². The molecule has 110 valence electrons. The molecule has 0 saturated carbocycles. The first kappa shape index (κ1) is 15.0. The van der Waals surface area contributed by atoms with E-state index in [2.05, 4.69) is 4.98 Å². The van der Waals surface area contributed by atoms with Crippen molar-refractivity contribution in [2.45, 2.75) is 19.9 Å². The van der Waals surface area contributed by atoms with Crippen LogP contribution in [-0.2, 0) is 6.54 Å². The topological polar surface area (TPSA) is 59.2 Å². The second-order valence-corrected chi connectivity index (χ2v) is 4.83. The standard InChI is InChI=1S/C16H18FN3O/c1-2-8-20(11-12-4-3-5-13(18)9-12)16(21)14-6-7-19-10-15(14)17/h3-7,9-10H,2,8,11,18H2,1H3. The molecule has 0 fully saturated rings. The highest BCUT2D eigenvalue weighted by Gasteiger charge is 2.18. The van der Waals surface area contributed by atoms with Gasteiger partial charge in [-0.15, -0.1) is 0 Å². The zero-order valence-electron chi connectivity index (χ0n) is 11.9. The molecule has 2 N–H and O–H groups in total. The number of aromatic nitrogens is 1. The van der Waals surface area contributed by atoms with Crippen molar-refractivity contribution in [2.24, 2.45) is 0 Å². The summed E-state index contributed by atoms with van der Waals surface area (Å²) in [7, 11) is 0. The maximum absolute atomic E-state index is 13.7. The van der Waals surface area contributed by atoms with Crippen LogP contribution in [0.25, 0.3) is 0 Å². The predicted octanol–water partition coefficient (Wildman–Crippen LogP) is 2.86. The van der Waals surface area contributed by atoms with Gasteiger partial charge in [0, 0.05) is 25.0 Å². The van der Waals surface area contributed by atoms with E-state index in [-0.39, 0.29) is 11.5 Å². The van der Waals surface area contributed by atoms with Crippen LogP contribution in [0.4, 0.5) is 10.1 Å². The fourth-order valence-corrected chi connectivity index (χ4v) is 2.15. The van der Waals surface area contributed by atoms with E-state index < -0.39 is 5.82 Å². The minimum absolute atomic E-state index is 0.0438. The lowest BCUT2D eigenvalue weighted by atomic mass is 10.1. The van der Waals surface area contributed by atoms with Gasteiger partial charge in [-0.2, -0.15) is 0 Å². The van der Waals surface area contributed by atoms with Gasteiger partial charge in [0.15, 0.2) is 5.82 Å². The maximum Gasteiger partial charge on any atom is 0.257 e. The number of hydrogen-bond donors (Lipinski definition) is 1. The Labute approximate surface area is 123 Å². The Bertz CT molecular complexity index is 630. The van der Waals surface area contributed by atoms with Crippen molar-refractivity contribution in [3.05, 3.63) is 59.7 Å². The molecule has 0 spiro atoms. The fraction of sp³-hybridized carbons (Fsp3) is 0.250. The summed E-state index contributed by atoms with van der Waals surface area (Å²) >= 11 is 0. The number of carbonyl (C=O) groups excluding carboxylic acids is 1. The Balaban J connectivity index is 2.22. The Morgan fingerprint density at radius 3 is 2.86 bits per heavy atom. The summed E-state index contributed by atoms with van der Waals surface area (Å²) in [5.41, 5.74) is 7.36. The molecule has 1 heterocycles. The summed E-state index contributed by atoms with van der Waals surface area (Å²) in [5, 5.41) is 0. The van der Waals surface area contributed by atoms with Gasteiger partial charge in [0.05, 0.1) is 11.8 Å². The number of benzene rings is 1. The number of hydrogen-bond acceptors (Lipinski definition) is 3. The lowest BCUT2D eigenvalue weighted by Gasteiger charge is -2.22. The van der Waals surface area contributed by atoms with Gasteiger partial charge in [0.2, 0.25) is 0 Å². The molecule has 4 nitrogen and oxygen atoms in total. The highest BCUT2D eigenvalue weighted by Crippen LogP contribution is 2.14. The maximum atomic E-state index is 13.7. The molecule has 0 atom stereocenters. The molecule has 2 aromatic rings. The van der Waals surface area contributed by atoms with Crippen molar-refractivity contribution < 1.29 is 9.18 Å². The summed E-state index contributed by atoms with van der Waals surface area (Å²) in [5.74, 6) is -0.935. The van der Waals surface area contributed by atoms with Gasteiger partial charge in [-0.3, -0.25) is 9.78 Å². The summed E-state index contributed by atoms with van der Waals surface area (Å²) in [6, 6.07) is 8.75. The average molecular weight is 287 g/mol. The number of amides is 1. The van der Waals surface area contributed by atoms with Crippen molar-refractivity contribution in [2.75, 3.05) is 12.3 Å². The number of pyridine rings is 1. The summed E-state index contributed by atoms with van der Waals surface area (Å²) in [4.78, 5) is 17.8. The summed E-state index contributed by atoms with van der Waals surface area (Å²) in [6.07, 6.45) is 3.26. The molecule has 0 unspecified atom stereocenters. The van der Waals surface area contributed by atoms with Gasteiger partial charge in [-0.1, -0.05) is 19.1 Å². The molecule has 0 saturated heterocycles. The van der Waals surface area contributed by atoms with Gasteiger partial charge < -0.3 is 10.6 Å². The van der Waals surface area contributed by atoms with Crippen LogP contribution in [0.15, 0.2) is 42.7 Å². The minimum atomic E-state index is -0.601. The third-order valence-corrected chi connectivity index (χ3v) is 3.11. The molecule has 0 aliphatic rings. The molecule has 0 aliphatic heterocycles. The van der Waals surface area contributed by atoms with E-state index in [0.717, 1.165) is 18.2 Å². The normalized spacial score (nSPS) is 10.4. The first-order valence-corrected chi connectivity index (χ1v) is 6.85. The lowest BCUT2D eigenvalue weighted by molar-refractivity contribution is 0.0738. The zero-order valence-corrected chi connectivity index (χ0v) is 11.9. The molecular weight excluding hydrogens is 269 g/mol. The Hall–Kier alpha value is -2.43. The van der Waals surface area contributed by atoms with Crippen LogP contribution in [0, 0.1) is 5.82 Å². The largest absolute Gasteiger partial charge is 0.399 e. The van der Waals surface area contributed by atoms with E-state index in [9.17, 15) is 9.18 Å². The molecule has 0 radical (unpaired) electrons. The second-order valence-electron chi connectivity index (χ2n) is 4.83. The number of halogens is 1. The van der Waals surface area contributed by atoms with Crippen LogP contribution in [0.1, 0.15) is 29.3 Å². The van der Waals surface area contributed by atoms with Crippen molar-refractivity contribution >= 4 is 11.6 Å². The van der Waals surface area contributed by atoms with Crippen LogP contribution in [0.3, 0.4) is 0 Å². The van der Waals surface area contributed by atoms with Gasteiger partial charge >= 0.3 is 0 Å². The molecule has 1 amide bonds. The number of rotatable bonds is 5. The molecule has 1 aromatic heterocycles. The number of carbonyl (C=O) groups is 1. The van der Waals surface area contributed by atoms with Crippen LogP contribution >= 0.6 is 0 Å². The molecule has 2 rings (SSSR count). The highest BCUT2D eigenvalue weighted by molar-refractivity contribution is 5.94. The van der Waals surface area contributed by atoms with Crippen LogP contribution in [0.2, 0.25) is 0 Å². The highest BCUT2D eigenvalue weighted by atomic mass is 19.1. The second kappa shape index (κ2) is 6.83. The lowest BCUT2D eigenvalue weighted by Crippen LogP contribution is -2.32. The van der Waals surface area contributed by atoms with Crippen molar-refractivity contribution in [3.8, 4) is 0 Å². The minimum Gasteiger partial charge on any atom is -0.399 e. The van der Waals surface area contributed by atoms with Crippen LogP contribution in [-0.4, -0.2) is 22.3 Å². The number of nitrogens with two attached hydrogens (primary N) is 1. The zero-order chi connectivity index (χ0) is 15.2. The molecule has 21 heavy (non-hydrogen) atoms. The van der Waals surface area contributed by atoms with E-state index in [1.54, 1.807) is 11.0 Å². The van der Waals surface area contributed by atoms with Gasteiger partial charge in [-0.05, 0) is 30.2 Å². The first-order valence-electron chi connectivity index (χ1n) is 6.85. The van der Waals surface area contributed by atoms with Gasteiger partial charge in [0.1, 0.15) is 0 Å². The summed E-state index contributed by atoms with van der Waals surface area (Å²) < 4.78 is 13.7. The third kappa shape index (κ3) is 3.78. The van der Waals surface area contributed by atoms with Crippen molar-refractivity contribution in [1.82, 2.24) is 9.88 Å². The van der Waals surface area contributed by atoms with Crippen molar-refractivity contribution in [1.29, 1.82) is 0 Å². The smallest absolute Gasteiger partial charge is 0.257 e. The molecule has 5 heteroatoms. The monoisotopic (exact) mass is 287 g/mol.